The standard InChI is InChI=1S/C6H7N.C5H10O.C3H8O/c1-6-4-2-3-5-7-6;1-3-4-5(2)6;1-2-3-4/h2-5H,1H3;3-4H2,1-2H3;4H,2-3H2,1H3. The van der Waals surface area contributed by atoms with Crippen LogP contribution in [0.2, 0.25) is 0 Å². The molecular weight excluding hydrogens is 214 g/mol. The Morgan fingerprint density at radius 1 is 1.29 bits per heavy atom. The highest BCUT2D eigenvalue weighted by atomic mass is 16.2. The summed E-state index contributed by atoms with van der Waals surface area (Å²) in [7, 11) is 0. The highest BCUT2D eigenvalue weighted by Crippen LogP contribution is 1.86. The van der Waals surface area contributed by atoms with Crippen molar-refractivity contribution in [2.24, 2.45) is 0 Å². The van der Waals surface area contributed by atoms with Crippen LogP contribution in [-0.2, 0) is 4.79 Å². The van der Waals surface area contributed by atoms with Gasteiger partial charge in [0.2, 0.25) is 0 Å². The lowest BCUT2D eigenvalue weighted by molar-refractivity contribution is -0.117. The van der Waals surface area contributed by atoms with Gasteiger partial charge in [0.15, 0.2) is 0 Å². The molecule has 3 nitrogen and oxygen atoms in total. The van der Waals surface area contributed by atoms with Gasteiger partial charge >= 0.3 is 0 Å². The Morgan fingerprint density at radius 2 is 1.88 bits per heavy atom. The topological polar surface area (TPSA) is 50.2 Å². The van der Waals surface area contributed by atoms with Crippen LogP contribution in [-0.4, -0.2) is 22.5 Å². The van der Waals surface area contributed by atoms with Crippen molar-refractivity contribution in [2.45, 2.75) is 47.0 Å². The van der Waals surface area contributed by atoms with E-state index in [2.05, 4.69) is 4.98 Å². The number of ketones is 1. The van der Waals surface area contributed by atoms with Crippen molar-refractivity contribution in [2.75, 3.05) is 6.61 Å². The number of hydrogen-bond acceptors (Lipinski definition) is 3. The summed E-state index contributed by atoms with van der Waals surface area (Å²) >= 11 is 0. The first kappa shape index (κ1) is 18.2. The van der Waals surface area contributed by atoms with Gasteiger partial charge in [0.1, 0.15) is 5.78 Å². The minimum atomic E-state index is 0.289. The molecule has 98 valence electrons. The van der Waals surface area contributed by atoms with E-state index < -0.39 is 0 Å². The van der Waals surface area contributed by atoms with Crippen LogP contribution in [0.15, 0.2) is 24.4 Å². The fourth-order valence-electron chi connectivity index (χ4n) is 0.800. The molecule has 0 saturated carbocycles. The van der Waals surface area contributed by atoms with Gasteiger partial charge in [-0.25, -0.2) is 0 Å². The number of nitrogens with zero attached hydrogens (tertiary/aromatic N) is 1. The fraction of sp³-hybridized carbons (Fsp3) is 0.571. The Balaban J connectivity index is 0. The number of Topliss-reactive ketones (excluding diaryl/α,β-unsaturated/α-hetero) is 1. The van der Waals surface area contributed by atoms with Crippen molar-refractivity contribution in [3.63, 3.8) is 0 Å². The van der Waals surface area contributed by atoms with E-state index >= 15 is 0 Å². The normalized spacial score (nSPS) is 8.29. The van der Waals surface area contributed by atoms with E-state index in [1.165, 1.54) is 0 Å². The van der Waals surface area contributed by atoms with Crippen molar-refractivity contribution in [3.8, 4) is 0 Å². The Hall–Kier alpha value is -1.22. The molecule has 1 N–H and O–H groups in total. The molecule has 1 aromatic heterocycles. The summed E-state index contributed by atoms with van der Waals surface area (Å²) in [6.45, 7) is 7.84. The zero-order valence-corrected chi connectivity index (χ0v) is 11.4. The first-order chi connectivity index (χ1) is 8.08. The first-order valence-electron chi connectivity index (χ1n) is 6.06. The molecule has 0 fully saturated rings. The molecule has 0 radical (unpaired) electrons. The molecule has 0 amide bonds. The molecule has 0 bridgehead atoms. The third kappa shape index (κ3) is 20.8. The molecule has 0 spiro atoms. The minimum absolute atomic E-state index is 0.289. The summed E-state index contributed by atoms with van der Waals surface area (Å²) in [5, 5.41) is 7.88. The Morgan fingerprint density at radius 3 is 2.00 bits per heavy atom. The SMILES string of the molecule is CCCC(C)=O.CCCO.Cc1ccccn1. The molecule has 1 heterocycles. The van der Waals surface area contributed by atoms with E-state index in [-0.39, 0.29) is 5.78 Å². The molecule has 0 saturated heterocycles. The molecular formula is C14H25NO2. The Kier molecular flexibility index (Phi) is 15.8. The van der Waals surface area contributed by atoms with E-state index in [0.717, 1.165) is 25.0 Å². The fourth-order valence-corrected chi connectivity index (χ4v) is 0.800. The lowest BCUT2D eigenvalue weighted by atomic mass is 10.3. The van der Waals surface area contributed by atoms with Gasteiger partial charge in [-0.2, -0.15) is 0 Å². The molecule has 0 aromatic carbocycles. The highest BCUT2D eigenvalue weighted by Gasteiger charge is 1.83. The summed E-state index contributed by atoms with van der Waals surface area (Å²) in [5.41, 5.74) is 1.07. The van der Waals surface area contributed by atoms with Crippen LogP contribution in [0.3, 0.4) is 0 Å². The van der Waals surface area contributed by atoms with E-state index in [1.54, 1.807) is 13.1 Å². The first-order valence-corrected chi connectivity index (χ1v) is 6.06. The zero-order valence-electron chi connectivity index (χ0n) is 11.4. The van der Waals surface area contributed by atoms with E-state index in [4.69, 9.17) is 5.11 Å². The Labute approximate surface area is 105 Å². The van der Waals surface area contributed by atoms with Crippen LogP contribution in [0.5, 0.6) is 0 Å². The predicted molar refractivity (Wildman–Crippen MR) is 71.9 cm³/mol. The largest absolute Gasteiger partial charge is 0.396 e. The van der Waals surface area contributed by atoms with Crippen LogP contribution < -0.4 is 0 Å². The second-order valence-corrected chi connectivity index (χ2v) is 3.65. The van der Waals surface area contributed by atoms with Gasteiger partial charge in [-0.05, 0) is 38.8 Å². The molecule has 1 aromatic rings. The van der Waals surface area contributed by atoms with Crippen LogP contribution in [0, 0.1) is 6.92 Å². The van der Waals surface area contributed by atoms with Gasteiger partial charge in [0, 0.05) is 24.9 Å². The number of pyridine rings is 1. The third-order valence-electron chi connectivity index (χ3n) is 1.64. The van der Waals surface area contributed by atoms with Crippen molar-refractivity contribution < 1.29 is 9.90 Å². The van der Waals surface area contributed by atoms with Gasteiger partial charge in [-0.3, -0.25) is 4.98 Å². The van der Waals surface area contributed by atoms with Gasteiger partial charge in [-0.15, -0.1) is 0 Å². The highest BCUT2D eigenvalue weighted by molar-refractivity contribution is 5.75. The number of aliphatic hydroxyl groups is 1. The molecule has 0 aliphatic heterocycles. The number of aryl methyl sites for hydroxylation is 1. The lowest BCUT2D eigenvalue weighted by Crippen LogP contribution is -1.84. The van der Waals surface area contributed by atoms with Crippen LogP contribution in [0.4, 0.5) is 0 Å². The summed E-state index contributed by atoms with van der Waals surface area (Å²) in [6, 6.07) is 5.86. The maximum Gasteiger partial charge on any atom is 0.129 e. The molecule has 0 aliphatic carbocycles. The minimum Gasteiger partial charge on any atom is -0.396 e. The third-order valence-corrected chi connectivity index (χ3v) is 1.64. The maximum absolute atomic E-state index is 10.0. The second kappa shape index (κ2) is 14.8. The van der Waals surface area contributed by atoms with Crippen molar-refractivity contribution >= 4 is 5.78 Å². The average Bonchev–Trinajstić information content (AvgIpc) is 2.31. The van der Waals surface area contributed by atoms with E-state index in [1.807, 2.05) is 39.0 Å². The van der Waals surface area contributed by atoms with Gasteiger partial charge in [0.25, 0.3) is 0 Å². The van der Waals surface area contributed by atoms with Crippen LogP contribution in [0.25, 0.3) is 0 Å². The molecule has 0 unspecified atom stereocenters. The number of aromatic nitrogens is 1. The summed E-state index contributed by atoms with van der Waals surface area (Å²) in [4.78, 5) is 14.0. The van der Waals surface area contributed by atoms with Gasteiger partial charge in [0.05, 0.1) is 0 Å². The molecule has 1 rings (SSSR count). The average molecular weight is 239 g/mol. The lowest BCUT2D eigenvalue weighted by Gasteiger charge is -1.82. The zero-order chi connectivity index (χ0) is 13.5. The summed E-state index contributed by atoms with van der Waals surface area (Å²) in [5.74, 6) is 0.289. The quantitative estimate of drug-likeness (QED) is 0.881. The van der Waals surface area contributed by atoms with E-state index in [0.29, 0.717) is 6.61 Å². The number of carbonyl (C=O) groups excluding carboxylic acids is 1. The molecule has 0 aliphatic rings. The monoisotopic (exact) mass is 239 g/mol. The van der Waals surface area contributed by atoms with Crippen molar-refractivity contribution in [1.29, 1.82) is 0 Å². The molecule has 0 atom stereocenters. The summed E-state index contributed by atoms with van der Waals surface area (Å²) in [6.07, 6.45) is 4.38. The number of carbonyl (C=O) groups is 1. The molecule has 17 heavy (non-hydrogen) atoms. The number of aliphatic hydroxyl groups excluding tert-OH is 1. The van der Waals surface area contributed by atoms with Crippen molar-refractivity contribution in [1.82, 2.24) is 4.98 Å². The van der Waals surface area contributed by atoms with Crippen LogP contribution >= 0.6 is 0 Å². The van der Waals surface area contributed by atoms with Gasteiger partial charge in [-0.1, -0.05) is 19.9 Å². The molecule has 3 heteroatoms. The Bertz CT molecular complexity index is 258. The predicted octanol–water partition coefficient (Wildman–Crippen LogP) is 3.15. The summed E-state index contributed by atoms with van der Waals surface area (Å²) < 4.78 is 0. The number of hydrogen-bond donors (Lipinski definition) is 1. The number of rotatable bonds is 3. The van der Waals surface area contributed by atoms with Crippen molar-refractivity contribution in [3.05, 3.63) is 30.1 Å². The smallest absolute Gasteiger partial charge is 0.129 e. The van der Waals surface area contributed by atoms with Gasteiger partial charge < -0.3 is 9.90 Å². The van der Waals surface area contributed by atoms with Crippen LogP contribution in [0.1, 0.15) is 45.7 Å². The maximum atomic E-state index is 10.0. The second-order valence-electron chi connectivity index (χ2n) is 3.65. The van der Waals surface area contributed by atoms with E-state index in [9.17, 15) is 4.79 Å².